The molecule has 168 valence electrons. The molecular formula is C21H29N5O4S. The molecule has 0 radical (unpaired) electrons. The molecule has 1 saturated heterocycles. The molecule has 1 amide bonds. The van der Waals surface area contributed by atoms with Gasteiger partial charge in [0, 0.05) is 32.2 Å². The lowest BCUT2D eigenvalue weighted by atomic mass is 10.0. The molecule has 1 aromatic heterocycles. The van der Waals surface area contributed by atoms with Crippen LogP contribution in [-0.4, -0.2) is 76.3 Å². The highest BCUT2D eigenvalue weighted by Crippen LogP contribution is 2.35. The molecule has 10 heteroatoms. The van der Waals surface area contributed by atoms with Crippen LogP contribution in [0.5, 0.6) is 11.5 Å². The first-order chi connectivity index (χ1) is 14.9. The van der Waals surface area contributed by atoms with Crippen LogP contribution in [0.25, 0.3) is 0 Å². The van der Waals surface area contributed by atoms with Gasteiger partial charge in [-0.2, -0.15) is 0 Å². The van der Waals surface area contributed by atoms with Crippen LogP contribution in [-0.2, 0) is 16.6 Å². The second-order valence-electron chi connectivity index (χ2n) is 8.24. The third-order valence-corrected chi connectivity index (χ3v) is 6.60. The van der Waals surface area contributed by atoms with Crippen molar-refractivity contribution in [3.8, 4) is 11.5 Å². The van der Waals surface area contributed by atoms with E-state index in [0.717, 1.165) is 32.1 Å². The van der Waals surface area contributed by atoms with E-state index in [2.05, 4.69) is 34.3 Å². The molecular weight excluding hydrogens is 418 g/mol. The van der Waals surface area contributed by atoms with Gasteiger partial charge < -0.3 is 24.1 Å². The molecule has 1 fully saturated rings. The van der Waals surface area contributed by atoms with Gasteiger partial charge in [-0.3, -0.25) is 9.69 Å². The van der Waals surface area contributed by atoms with Gasteiger partial charge in [0.25, 0.3) is 0 Å². The highest BCUT2D eigenvalue weighted by molar-refractivity contribution is 7.99. The molecule has 1 atom stereocenters. The van der Waals surface area contributed by atoms with Crippen LogP contribution in [0.3, 0.4) is 0 Å². The van der Waals surface area contributed by atoms with E-state index < -0.39 is 0 Å². The van der Waals surface area contributed by atoms with Crippen LogP contribution in [0.1, 0.15) is 25.8 Å². The number of carbonyl (C=O) groups is 1. The first-order valence-corrected chi connectivity index (χ1v) is 11.4. The largest absolute Gasteiger partial charge is 0.485 e. The average Bonchev–Trinajstić information content (AvgIpc) is 3.17. The molecule has 0 aliphatic carbocycles. The average molecular weight is 448 g/mol. The number of benzene rings is 1. The lowest BCUT2D eigenvalue weighted by Gasteiger charge is -2.40. The molecule has 0 bridgehead atoms. The maximum absolute atomic E-state index is 12.4. The van der Waals surface area contributed by atoms with Gasteiger partial charge in [0.05, 0.1) is 19.0 Å². The molecule has 2 aliphatic rings. The minimum atomic E-state index is -0.343. The van der Waals surface area contributed by atoms with Crippen molar-refractivity contribution in [1.29, 1.82) is 0 Å². The Labute approximate surface area is 186 Å². The summed E-state index contributed by atoms with van der Waals surface area (Å²) < 4.78 is 19.1. The Bertz CT molecular complexity index is 913. The molecule has 9 nitrogen and oxygen atoms in total. The predicted octanol–water partition coefficient (Wildman–Crippen LogP) is 1.65. The van der Waals surface area contributed by atoms with E-state index in [1.54, 1.807) is 0 Å². The smallest absolute Gasteiger partial charge is 0.230 e. The van der Waals surface area contributed by atoms with Crippen LogP contribution >= 0.6 is 11.8 Å². The summed E-state index contributed by atoms with van der Waals surface area (Å²) in [5.74, 6) is 2.34. The summed E-state index contributed by atoms with van der Waals surface area (Å²) in [6.45, 7) is 8.49. The van der Waals surface area contributed by atoms with Crippen LogP contribution < -0.4 is 14.8 Å². The lowest BCUT2D eigenvalue weighted by molar-refractivity contribution is -0.119. The summed E-state index contributed by atoms with van der Waals surface area (Å²) in [5, 5.41) is 12.2. The van der Waals surface area contributed by atoms with Crippen molar-refractivity contribution in [2.24, 2.45) is 7.05 Å². The highest BCUT2D eigenvalue weighted by atomic mass is 32.2. The first kappa shape index (κ1) is 21.9. The molecule has 31 heavy (non-hydrogen) atoms. The third kappa shape index (κ3) is 5.13. The number of hydrogen-bond donors (Lipinski definition) is 1. The van der Waals surface area contributed by atoms with Crippen LogP contribution in [0.4, 0.5) is 0 Å². The maximum atomic E-state index is 12.4. The fourth-order valence-electron chi connectivity index (χ4n) is 3.66. The number of amides is 1. The van der Waals surface area contributed by atoms with E-state index in [0.29, 0.717) is 29.9 Å². The van der Waals surface area contributed by atoms with E-state index in [1.165, 1.54) is 11.8 Å². The van der Waals surface area contributed by atoms with E-state index in [9.17, 15) is 4.79 Å². The number of rotatable bonds is 7. The van der Waals surface area contributed by atoms with E-state index in [4.69, 9.17) is 14.2 Å². The number of thioether (sulfide) groups is 1. The van der Waals surface area contributed by atoms with Crippen molar-refractivity contribution >= 4 is 17.7 Å². The number of carbonyl (C=O) groups excluding carboxylic acids is 1. The molecule has 2 aromatic rings. The number of morpholine rings is 1. The van der Waals surface area contributed by atoms with Gasteiger partial charge in [0.15, 0.2) is 28.6 Å². The Balaban J connectivity index is 1.28. The second kappa shape index (κ2) is 9.46. The second-order valence-corrected chi connectivity index (χ2v) is 9.18. The zero-order chi connectivity index (χ0) is 21.8. The highest BCUT2D eigenvalue weighted by Gasteiger charge is 2.29. The van der Waals surface area contributed by atoms with Gasteiger partial charge in [0.1, 0.15) is 6.61 Å². The third-order valence-electron chi connectivity index (χ3n) is 5.58. The molecule has 0 saturated carbocycles. The number of aromatic nitrogens is 3. The van der Waals surface area contributed by atoms with Crippen molar-refractivity contribution in [3.05, 3.63) is 30.1 Å². The fourth-order valence-corrected chi connectivity index (χ4v) is 4.40. The quantitative estimate of drug-likeness (QED) is 0.641. The van der Waals surface area contributed by atoms with Crippen molar-refractivity contribution < 1.29 is 19.0 Å². The van der Waals surface area contributed by atoms with Crippen molar-refractivity contribution in [1.82, 2.24) is 25.0 Å². The maximum Gasteiger partial charge on any atom is 0.230 e. The predicted molar refractivity (Wildman–Crippen MR) is 117 cm³/mol. The first-order valence-electron chi connectivity index (χ1n) is 10.4. The molecule has 4 rings (SSSR count). The molecule has 3 heterocycles. The van der Waals surface area contributed by atoms with Gasteiger partial charge in [-0.25, -0.2) is 0 Å². The normalized spacial score (nSPS) is 19.3. The molecule has 1 unspecified atom stereocenters. The van der Waals surface area contributed by atoms with Crippen molar-refractivity contribution in [2.45, 2.75) is 30.6 Å². The Morgan fingerprint density at radius 3 is 2.74 bits per heavy atom. The molecule has 1 N–H and O–H groups in total. The number of nitrogens with zero attached hydrogens (tertiary/aromatic N) is 4. The molecule has 2 aliphatic heterocycles. The Kier molecular flexibility index (Phi) is 6.68. The summed E-state index contributed by atoms with van der Waals surface area (Å²) in [5.41, 5.74) is -0.114. The van der Waals surface area contributed by atoms with Crippen LogP contribution in [0, 0.1) is 0 Å². The number of nitrogens with one attached hydrogen (secondary N) is 1. The summed E-state index contributed by atoms with van der Waals surface area (Å²) in [7, 11) is 1.88. The zero-order valence-electron chi connectivity index (χ0n) is 18.2. The van der Waals surface area contributed by atoms with Gasteiger partial charge in [-0.05, 0) is 26.0 Å². The van der Waals surface area contributed by atoms with Gasteiger partial charge >= 0.3 is 0 Å². The summed E-state index contributed by atoms with van der Waals surface area (Å²) in [6, 6.07) is 7.56. The van der Waals surface area contributed by atoms with Gasteiger partial charge in [0.2, 0.25) is 5.91 Å². The van der Waals surface area contributed by atoms with Gasteiger partial charge in [-0.15, -0.1) is 10.2 Å². The zero-order valence-corrected chi connectivity index (χ0v) is 19.0. The van der Waals surface area contributed by atoms with Crippen LogP contribution in [0.15, 0.2) is 29.4 Å². The van der Waals surface area contributed by atoms with Crippen molar-refractivity contribution in [3.63, 3.8) is 0 Å². The Morgan fingerprint density at radius 2 is 1.97 bits per heavy atom. The number of hydrogen-bond acceptors (Lipinski definition) is 8. The molecule has 1 aromatic carbocycles. The lowest BCUT2D eigenvalue weighted by Crippen LogP contribution is -2.55. The Hall–Kier alpha value is -2.30. The SMILES string of the molecule is Cn1c(SCC(=O)NCC(C)(C)N2CCOCC2)nnc1C1COc2ccccc2O1. The standard InChI is InChI=1S/C21H29N5O4S/c1-21(2,26-8-10-28-11-9-26)14-22-18(27)13-31-20-24-23-19(25(20)3)17-12-29-15-6-4-5-7-16(15)30-17/h4-7,17H,8-14H2,1-3H3,(H,22,27). The Morgan fingerprint density at radius 1 is 1.23 bits per heavy atom. The summed E-state index contributed by atoms with van der Waals surface area (Å²) >= 11 is 1.36. The minimum Gasteiger partial charge on any atom is -0.485 e. The minimum absolute atomic E-state index is 0.0259. The van der Waals surface area contributed by atoms with E-state index >= 15 is 0 Å². The summed E-state index contributed by atoms with van der Waals surface area (Å²) in [4.78, 5) is 14.8. The van der Waals surface area contributed by atoms with Crippen molar-refractivity contribution in [2.75, 3.05) is 45.2 Å². The van der Waals surface area contributed by atoms with Gasteiger partial charge in [-0.1, -0.05) is 23.9 Å². The van der Waals surface area contributed by atoms with E-state index in [-0.39, 0.29) is 23.3 Å². The molecule has 0 spiro atoms. The topological polar surface area (TPSA) is 90.7 Å². The fraction of sp³-hybridized carbons (Fsp3) is 0.571. The number of fused-ring (bicyclic) bond motifs is 1. The van der Waals surface area contributed by atoms with E-state index in [1.807, 2.05) is 35.9 Å². The number of ether oxygens (including phenoxy) is 3. The number of para-hydroxylation sites is 2. The monoisotopic (exact) mass is 447 g/mol. The van der Waals surface area contributed by atoms with Crippen LogP contribution in [0.2, 0.25) is 0 Å². The summed E-state index contributed by atoms with van der Waals surface area (Å²) in [6.07, 6.45) is -0.343.